The van der Waals surface area contributed by atoms with Crippen LogP contribution in [0.15, 0.2) is 22.6 Å². The van der Waals surface area contributed by atoms with E-state index in [-0.39, 0.29) is 11.5 Å². The molecule has 1 heterocycles. The van der Waals surface area contributed by atoms with Gasteiger partial charge in [0.2, 0.25) is 5.89 Å². The van der Waals surface area contributed by atoms with E-state index in [1.54, 1.807) is 12.1 Å². The Bertz CT molecular complexity index is 528. The highest BCUT2D eigenvalue weighted by Gasteiger charge is 2.17. The van der Waals surface area contributed by atoms with Gasteiger partial charge in [0.1, 0.15) is 17.1 Å². The maximum Gasteiger partial charge on any atom is 0.254 e. The molecule has 0 fully saturated rings. The summed E-state index contributed by atoms with van der Waals surface area (Å²) in [7, 11) is 1.47. The van der Waals surface area contributed by atoms with E-state index in [1.165, 1.54) is 13.2 Å². The van der Waals surface area contributed by atoms with Crippen molar-refractivity contribution in [2.24, 2.45) is 0 Å². The highest BCUT2D eigenvalue weighted by atomic mass is 19.1. The molecule has 2 rings (SSSR count). The van der Waals surface area contributed by atoms with Crippen LogP contribution in [0.4, 0.5) is 4.39 Å². The zero-order valence-electron chi connectivity index (χ0n) is 10.2. The van der Waals surface area contributed by atoms with Crippen LogP contribution in [-0.4, -0.2) is 23.9 Å². The smallest absolute Gasteiger partial charge is 0.254 e. The topological polar surface area (TPSA) is 60.2 Å². The van der Waals surface area contributed by atoms with Gasteiger partial charge in [-0.15, -0.1) is 10.2 Å². The monoisotopic (exact) mass is 251 g/mol. The fourth-order valence-electron chi connectivity index (χ4n) is 1.54. The Balaban J connectivity index is 2.33. The number of hydrogen-bond donors (Lipinski definition) is 1. The lowest BCUT2D eigenvalue weighted by molar-refractivity contribution is 0.409. The number of nitrogens with one attached hydrogen (secondary N) is 1. The lowest BCUT2D eigenvalue weighted by Crippen LogP contribution is -2.11. The average molecular weight is 251 g/mol. The number of methoxy groups -OCH3 is 1. The lowest BCUT2D eigenvalue weighted by atomic mass is 10.2. The fourth-order valence-corrected chi connectivity index (χ4v) is 1.54. The Labute approximate surface area is 104 Å². The summed E-state index contributed by atoms with van der Waals surface area (Å²) in [6.07, 6.45) is 0. The molecule has 96 valence electrons. The number of benzene rings is 1. The summed E-state index contributed by atoms with van der Waals surface area (Å²) in [5.41, 5.74) is 0.190. The van der Waals surface area contributed by atoms with Crippen LogP contribution < -0.4 is 10.1 Å². The van der Waals surface area contributed by atoms with Gasteiger partial charge in [0.05, 0.1) is 13.7 Å². The summed E-state index contributed by atoms with van der Waals surface area (Å²) in [6.45, 7) is 3.22. The fraction of sp³-hybridized carbons (Fsp3) is 0.333. The molecule has 0 aliphatic heterocycles. The predicted octanol–water partition coefficient (Wildman–Crippen LogP) is 1.99. The summed E-state index contributed by atoms with van der Waals surface area (Å²) in [5.74, 6) is 0.455. The van der Waals surface area contributed by atoms with Gasteiger partial charge in [-0.3, -0.25) is 0 Å². The largest absolute Gasteiger partial charge is 0.496 e. The Hall–Kier alpha value is -1.95. The molecular weight excluding hydrogens is 237 g/mol. The van der Waals surface area contributed by atoms with Gasteiger partial charge in [-0.25, -0.2) is 4.39 Å². The molecule has 0 radical (unpaired) electrons. The maximum atomic E-state index is 13.8. The molecule has 0 bridgehead atoms. The molecule has 1 aromatic heterocycles. The van der Waals surface area contributed by atoms with Gasteiger partial charge in [0.15, 0.2) is 0 Å². The molecule has 1 N–H and O–H groups in total. The Morgan fingerprint density at radius 3 is 2.94 bits per heavy atom. The number of ether oxygens (including phenoxy) is 1. The first kappa shape index (κ1) is 12.5. The van der Waals surface area contributed by atoms with Crippen molar-refractivity contribution in [3.05, 3.63) is 29.9 Å². The van der Waals surface area contributed by atoms with Gasteiger partial charge in [-0.1, -0.05) is 13.0 Å². The van der Waals surface area contributed by atoms with Crippen molar-refractivity contribution in [2.75, 3.05) is 13.7 Å². The van der Waals surface area contributed by atoms with Gasteiger partial charge < -0.3 is 14.5 Å². The molecule has 0 saturated carbocycles. The molecule has 2 aromatic rings. The molecular formula is C12H14FN3O2. The van der Waals surface area contributed by atoms with Crippen molar-refractivity contribution in [3.8, 4) is 17.2 Å². The zero-order chi connectivity index (χ0) is 13.0. The van der Waals surface area contributed by atoms with Crippen molar-refractivity contribution in [2.45, 2.75) is 13.5 Å². The van der Waals surface area contributed by atoms with Crippen molar-refractivity contribution in [3.63, 3.8) is 0 Å². The molecule has 0 aliphatic rings. The van der Waals surface area contributed by atoms with Crippen molar-refractivity contribution in [1.29, 1.82) is 0 Å². The number of halogens is 1. The van der Waals surface area contributed by atoms with Crippen LogP contribution in [0.2, 0.25) is 0 Å². The number of nitrogens with zero attached hydrogens (tertiary/aromatic N) is 2. The van der Waals surface area contributed by atoms with E-state index < -0.39 is 5.82 Å². The Morgan fingerprint density at radius 1 is 1.39 bits per heavy atom. The summed E-state index contributed by atoms with van der Waals surface area (Å²) >= 11 is 0. The van der Waals surface area contributed by atoms with E-state index in [2.05, 4.69) is 15.5 Å². The van der Waals surface area contributed by atoms with Crippen LogP contribution in [-0.2, 0) is 6.54 Å². The number of hydrogen-bond acceptors (Lipinski definition) is 5. The molecule has 0 atom stereocenters. The number of rotatable bonds is 5. The third-order valence-corrected chi connectivity index (χ3v) is 2.40. The molecule has 0 aliphatic carbocycles. The van der Waals surface area contributed by atoms with Gasteiger partial charge in [-0.2, -0.15) is 0 Å². The second-order valence-corrected chi connectivity index (χ2v) is 3.60. The van der Waals surface area contributed by atoms with Crippen LogP contribution in [0.25, 0.3) is 11.5 Å². The maximum absolute atomic E-state index is 13.8. The molecule has 6 heteroatoms. The number of aromatic nitrogens is 2. The first-order valence-corrected chi connectivity index (χ1v) is 5.62. The van der Waals surface area contributed by atoms with E-state index >= 15 is 0 Å². The van der Waals surface area contributed by atoms with Crippen molar-refractivity contribution >= 4 is 0 Å². The van der Waals surface area contributed by atoms with E-state index in [1.807, 2.05) is 6.92 Å². The molecule has 0 amide bonds. The highest BCUT2D eigenvalue weighted by Crippen LogP contribution is 2.31. The van der Waals surface area contributed by atoms with Gasteiger partial charge in [-0.05, 0) is 18.7 Å². The normalized spacial score (nSPS) is 10.6. The highest BCUT2D eigenvalue weighted by molar-refractivity contribution is 5.63. The van der Waals surface area contributed by atoms with E-state index in [9.17, 15) is 4.39 Å². The Morgan fingerprint density at radius 2 is 2.22 bits per heavy atom. The van der Waals surface area contributed by atoms with Crippen molar-refractivity contribution in [1.82, 2.24) is 15.5 Å². The lowest BCUT2D eigenvalue weighted by Gasteiger charge is -2.05. The average Bonchev–Trinajstić information content (AvgIpc) is 2.84. The van der Waals surface area contributed by atoms with Crippen LogP contribution >= 0.6 is 0 Å². The van der Waals surface area contributed by atoms with Crippen LogP contribution in [0.5, 0.6) is 5.75 Å². The predicted molar refractivity (Wildman–Crippen MR) is 63.6 cm³/mol. The summed E-state index contributed by atoms with van der Waals surface area (Å²) in [6, 6.07) is 4.53. The molecule has 0 saturated heterocycles. The van der Waals surface area contributed by atoms with Gasteiger partial charge in [0.25, 0.3) is 5.89 Å². The van der Waals surface area contributed by atoms with Gasteiger partial charge >= 0.3 is 0 Å². The minimum absolute atomic E-state index is 0.123. The molecule has 1 aromatic carbocycles. The summed E-state index contributed by atoms with van der Waals surface area (Å²) in [4.78, 5) is 0. The van der Waals surface area contributed by atoms with E-state index in [0.717, 1.165) is 6.54 Å². The third-order valence-electron chi connectivity index (χ3n) is 2.40. The molecule has 18 heavy (non-hydrogen) atoms. The van der Waals surface area contributed by atoms with Crippen LogP contribution in [0, 0.1) is 5.82 Å². The van der Waals surface area contributed by atoms with Gasteiger partial charge in [0, 0.05) is 0 Å². The summed E-state index contributed by atoms with van der Waals surface area (Å²) < 4.78 is 24.2. The standard InChI is InChI=1S/C12H14FN3O2/c1-3-14-7-10-15-16-12(18-10)11-8(13)5-4-6-9(11)17-2/h4-6,14H,3,7H2,1-2H3. The third kappa shape index (κ3) is 2.48. The minimum Gasteiger partial charge on any atom is -0.496 e. The van der Waals surface area contributed by atoms with Crippen LogP contribution in [0.3, 0.4) is 0 Å². The molecule has 5 nitrogen and oxygen atoms in total. The van der Waals surface area contributed by atoms with Crippen LogP contribution in [0.1, 0.15) is 12.8 Å². The molecule has 0 spiro atoms. The second kappa shape index (κ2) is 5.59. The first-order chi connectivity index (χ1) is 8.76. The second-order valence-electron chi connectivity index (χ2n) is 3.60. The molecule has 0 unspecified atom stereocenters. The first-order valence-electron chi connectivity index (χ1n) is 5.62. The zero-order valence-corrected chi connectivity index (χ0v) is 10.2. The Kier molecular flexibility index (Phi) is 3.88. The minimum atomic E-state index is -0.451. The van der Waals surface area contributed by atoms with E-state index in [0.29, 0.717) is 18.2 Å². The quantitative estimate of drug-likeness (QED) is 0.880. The van der Waals surface area contributed by atoms with Crippen molar-refractivity contribution < 1.29 is 13.5 Å². The summed E-state index contributed by atoms with van der Waals surface area (Å²) in [5, 5.41) is 10.7. The van der Waals surface area contributed by atoms with E-state index in [4.69, 9.17) is 9.15 Å². The SMILES string of the molecule is CCNCc1nnc(-c2c(F)cccc2OC)o1.